The zero-order valence-corrected chi connectivity index (χ0v) is 11.9. The number of carboxylic acid groups (broad SMARTS) is 1. The van der Waals surface area contributed by atoms with Crippen LogP contribution in [0, 0.1) is 5.92 Å². The minimum Gasteiger partial charge on any atom is -0.481 e. The Morgan fingerprint density at radius 1 is 1.37 bits per heavy atom. The highest BCUT2D eigenvalue weighted by Gasteiger charge is 2.29. The number of rotatable bonds is 3. The third-order valence-electron chi connectivity index (χ3n) is 3.30. The van der Waals surface area contributed by atoms with E-state index in [1.54, 1.807) is 12.1 Å². The molecule has 104 valence electrons. The predicted octanol–water partition coefficient (Wildman–Crippen LogP) is 2.23. The molecule has 1 aromatic rings. The molecule has 1 saturated heterocycles. The van der Waals surface area contributed by atoms with E-state index in [-0.39, 0.29) is 6.04 Å². The van der Waals surface area contributed by atoms with Crippen molar-refractivity contribution in [1.82, 2.24) is 4.90 Å². The van der Waals surface area contributed by atoms with Gasteiger partial charge in [-0.1, -0.05) is 29.3 Å². The van der Waals surface area contributed by atoms with E-state index in [0.29, 0.717) is 36.1 Å². The van der Waals surface area contributed by atoms with Crippen LogP contribution in [0.1, 0.15) is 12.0 Å². The second kappa shape index (κ2) is 6.09. The van der Waals surface area contributed by atoms with Crippen LogP contribution in [0.3, 0.4) is 0 Å². The molecule has 0 amide bonds. The van der Waals surface area contributed by atoms with Crippen LogP contribution in [0.5, 0.6) is 0 Å². The normalized spacial score (nSPS) is 24.4. The van der Waals surface area contributed by atoms with Crippen LogP contribution in [0.15, 0.2) is 18.2 Å². The van der Waals surface area contributed by atoms with Gasteiger partial charge in [0.1, 0.15) is 0 Å². The van der Waals surface area contributed by atoms with E-state index in [4.69, 9.17) is 34.0 Å². The lowest BCUT2D eigenvalue weighted by molar-refractivity contribution is -0.144. The standard InChI is InChI=1S/C13H16Cl2N2O2/c14-11-2-1-8(3-12(11)15)5-17-6-9(13(18)19)4-10(16)7-17/h1-3,9-10H,4-7,16H2,(H,18,19). The molecule has 1 heterocycles. The molecule has 0 aromatic heterocycles. The Hall–Kier alpha value is -0.810. The Bertz CT molecular complexity index is 482. The molecule has 1 aliphatic heterocycles. The maximum Gasteiger partial charge on any atom is 0.307 e. The van der Waals surface area contributed by atoms with Crippen molar-refractivity contribution in [2.45, 2.75) is 19.0 Å². The summed E-state index contributed by atoms with van der Waals surface area (Å²) in [7, 11) is 0. The van der Waals surface area contributed by atoms with Gasteiger partial charge in [0.15, 0.2) is 0 Å². The predicted molar refractivity (Wildman–Crippen MR) is 75.5 cm³/mol. The molecule has 4 nitrogen and oxygen atoms in total. The first kappa shape index (κ1) is 14.6. The highest BCUT2D eigenvalue weighted by molar-refractivity contribution is 6.42. The molecule has 1 aliphatic rings. The van der Waals surface area contributed by atoms with E-state index in [2.05, 4.69) is 0 Å². The molecule has 6 heteroatoms. The SMILES string of the molecule is NC1CC(C(=O)O)CN(Cc2ccc(Cl)c(Cl)c2)C1. The summed E-state index contributed by atoms with van der Waals surface area (Å²) < 4.78 is 0. The van der Waals surface area contributed by atoms with Gasteiger partial charge in [-0.3, -0.25) is 9.69 Å². The van der Waals surface area contributed by atoms with E-state index in [1.807, 2.05) is 11.0 Å². The molecule has 3 N–H and O–H groups in total. The number of benzene rings is 1. The molecule has 19 heavy (non-hydrogen) atoms. The van der Waals surface area contributed by atoms with Gasteiger partial charge in [0.2, 0.25) is 0 Å². The summed E-state index contributed by atoms with van der Waals surface area (Å²) in [4.78, 5) is 13.1. The summed E-state index contributed by atoms with van der Waals surface area (Å²) in [6.45, 7) is 1.85. The number of halogens is 2. The summed E-state index contributed by atoms with van der Waals surface area (Å²) in [5.74, 6) is -1.18. The molecule has 2 unspecified atom stereocenters. The van der Waals surface area contributed by atoms with Gasteiger partial charge in [-0.25, -0.2) is 0 Å². The molecule has 0 saturated carbocycles. The number of hydrogen-bond acceptors (Lipinski definition) is 3. The summed E-state index contributed by atoms with van der Waals surface area (Å²) in [6.07, 6.45) is 0.535. The highest BCUT2D eigenvalue weighted by Crippen LogP contribution is 2.24. The van der Waals surface area contributed by atoms with Gasteiger partial charge >= 0.3 is 5.97 Å². The molecule has 0 aliphatic carbocycles. The second-order valence-corrected chi connectivity index (χ2v) is 5.79. The fourth-order valence-corrected chi connectivity index (χ4v) is 2.76. The van der Waals surface area contributed by atoms with Crippen LogP contribution >= 0.6 is 23.2 Å². The van der Waals surface area contributed by atoms with Gasteiger partial charge in [0, 0.05) is 25.7 Å². The van der Waals surface area contributed by atoms with Crippen molar-refractivity contribution >= 4 is 29.2 Å². The number of hydrogen-bond donors (Lipinski definition) is 2. The molecule has 2 rings (SSSR count). The average Bonchev–Trinajstić information content (AvgIpc) is 2.33. The molecule has 0 bridgehead atoms. The zero-order valence-electron chi connectivity index (χ0n) is 10.4. The summed E-state index contributed by atoms with van der Waals surface area (Å²) in [5, 5.41) is 10.1. The molecule has 0 radical (unpaired) electrons. The molecular weight excluding hydrogens is 287 g/mol. The van der Waals surface area contributed by atoms with Crippen molar-refractivity contribution in [3.8, 4) is 0 Å². The number of carbonyl (C=O) groups is 1. The summed E-state index contributed by atoms with van der Waals surface area (Å²) >= 11 is 11.8. The van der Waals surface area contributed by atoms with Crippen molar-refractivity contribution in [2.75, 3.05) is 13.1 Å². The monoisotopic (exact) mass is 302 g/mol. The maximum atomic E-state index is 11.1. The highest BCUT2D eigenvalue weighted by atomic mass is 35.5. The Morgan fingerprint density at radius 2 is 2.11 bits per heavy atom. The van der Waals surface area contributed by atoms with Crippen LogP contribution < -0.4 is 5.73 Å². The van der Waals surface area contributed by atoms with E-state index in [9.17, 15) is 4.79 Å². The number of nitrogens with zero attached hydrogens (tertiary/aromatic N) is 1. The van der Waals surface area contributed by atoms with E-state index in [0.717, 1.165) is 5.56 Å². The maximum absolute atomic E-state index is 11.1. The van der Waals surface area contributed by atoms with Gasteiger partial charge < -0.3 is 10.8 Å². The van der Waals surface area contributed by atoms with Gasteiger partial charge in [-0.2, -0.15) is 0 Å². The molecule has 1 fully saturated rings. The Kier molecular flexibility index (Phi) is 4.68. The average molecular weight is 303 g/mol. The third-order valence-corrected chi connectivity index (χ3v) is 4.04. The number of nitrogens with two attached hydrogens (primary N) is 1. The zero-order chi connectivity index (χ0) is 14.0. The topological polar surface area (TPSA) is 66.6 Å². The van der Waals surface area contributed by atoms with Crippen LogP contribution in [0.4, 0.5) is 0 Å². The Labute approximate surface area is 122 Å². The van der Waals surface area contributed by atoms with Crippen molar-refractivity contribution < 1.29 is 9.90 Å². The van der Waals surface area contributed by atoms with Crippen LogP contribution in [-0.4, -0.2) is 35.1 Å². The van der Waals surface area contributed by atoms with Crippen LogP contribution in [0.2, 0.25) is 10.0 Å². The Balaban J connectivity index is 2.05. The van der Waals surface area contributed by atoms with E-state index < -0.39 is 11.9 Å². The van der Waals surface area contributed by atoms with Crippen molar-refractivity contribution in [2.24, 2.45) is 11.7 Å². The quantitative estimate of drug-likeness (QED) is 0.898. The first-order chi connectivity index (χ1) is 8.95. The minimum atomic E-state index is -0.783. The van der Waals surface area contributed by atoms with Crippen LogP contribution in [-0.2, 0) is 11.3 Å². The number of likely N-dealkylation sites (tertiary alicyclic amines) is 1. The van der Waals surface area contributed by atoms with Gasteiger partial charge in [0.25, 0.3) is 0 Å². The third kappa shape index (κ3) is 3.83. The number of piperidine rings is 1. The van der Waals surface area contributed by atoms with Gasteiger partial charge in [-0.15, -0.1) is 0 Å². The lowest BCUT2D eigenvalue weighted by Crippen LogP contribution is -2.48. The van der Waals surface area contributed by atoms with E-state index in [1.165, 1.54) is 0 Å². The lowest BCUT2D eigenvalue weighted by Gasteiger charge is -2.34. The lowest BCUT2D eigenvalue weighted by atomic mass is 9.94. The fraction of sp³-hybridized carbons (Fsp3) is 0.462. The molecule has 0 spiro atoms. The summed E-state index contributed by atoms with van der Waals surface area (Å²) in [5.41, 5.74) is 6.92. The van der Waals surface area contributed by atoms with Crippen molar-refractivity contribution in [1.29, 1.82) is 0 Å². The van der Waals surface area contributed by atoms with Crippen LogP contribution in [0.25, 0.3) is 0 Å². The number of aliphatic carboxylic acids is 1. The first-order valence-corrected chi connectivity index (χ1v) is 6.86. The van der Waals surface area contributed by atoms with E-state index >= 15 is 0 Å². The van der Waals surface area contributed by atoms with Gasteiger partial charge in [0.05, 0.1) is 16.0 Å². The largest absolute Gasteiger partial charge is 0.481 e. The molecule has 2 atom stereocenters. The van der Waals surface area contributed by atoms with Gasteiger partial charge in [-0.05, 0) is 24.1 Å². The van der Waals surface area contributed by atoms with Crippen molar-refractivity contribution in [3.05, 3.63) is 33.8 Å². The second-order valence-electron chi connectivity index (χ2n) is 4.97. The smallest absolute Gasteiger partial charge is 0.307 e. The molecular formula is C13H16Cl2N2O2. The minimum absolute atomic E-state index is 0.0994. The number of carboxylic acids is 1. The first-order valence-electron chi connectivity index (χ1n) is 6.10. The van der Waals surface area contributed by atoms with Crippen molar-refractivity contribution in [3.63, 3.8) is 0 Å². The summed E-state index contributed by atoms with van der Waals surface area (Å²) in [6, 6.07) is 5.35. The molecule has 1 aromatic carbocycles. The Morgan fingerprint density at radius 3 is 2.74 bits per heavy atom. The fourth-order valence-electron chi connectivity index (χ4n) is 2.44.